The number of nitrogens with one attached hydrogen (secondary N) is 1. The van der Waals surface area contributed by atoms with Gasteiger partial charge in [-0.15, -0.1) is 0 Å². The molecule has 0 aliphatic heterocycles. The van der Waals surface area contributed by atoms with Crippen LogP contribution >= 0.6 is 27.7 Å². The van der Waals surface area contributed by atoms with Gasteiger partial charge in [-0.05, 0) is 35.4 Å². The molecule has 0 aliphatic carbocycles. The van der Waals surface area contributed by atoms with Crippen LogP contribution in [0, 0.1) is 0 Å². The Kier molecular flexibility index (Phi) is 5.88. The minimum absolute atomic E-state index is 0.0114. The molecular weight excluding hydrogens is 400 g/mol. The molecule has 0 atom stereocenters. The lowest BCUT2D eigenvalue weighted by Crippen LogP contribution is -2.26. The molecule has 7 heteroatoms. The van der Waals surface area contributed by atoms with Gasteiger partial charge in [-0.2, -0.15) is 5.10 Å². The summed E-state index contributed by atoms with van der Waals surface area (Å²) >= 11 is 4.99. The van der Waals surface area contributed by atoms with Gasteiger partial charge in [0.1, 0.15) is 6.33 Å². The van der Waals surface area contributed by atoms with E-state index in [9.17, 15) is 4.79 Å². The molecule has 3 rings (SSSR count). The van der Waals surface area contributed by atoms with Gasteiger partial charge in [0.05, 0.1) is 0 Å². The van der Waals surface area contributed by atoms with E-state index < -0.39 is 0 Å². The number of halogens is 1. The fourth-order valence-electron chi connectivity index (χ4n) is 2.31. The van der Waals surface area contributed by atoms with Gasteiger partial charge in [-0.3, -0.25) is 9.89 Å². The van der Waals surface area contributed by atoms with Crippen LogP contribution in [0.1, 0.15) is 21.5 Å². The van der Waals surface area contributed by atoms with Gasteiger partial charge in [0, 0.05) is 29.4 Å². The molecule has 0 radical (unpaired) electrons. The molecule has 2 aromatic carbocycles. The minimum Gasteiger partial charge on any atom is -0.337 e. The highest BCUT2D eigenvalue weighted by Gasteiger charge is 2.12. The number of carbonyl (C=O) groups is 1. The number of H-pyrrole nitrogens is 1. The minimum atomic E-state index is 0.0114. The number of thioether (sulfide) groups is 1. The summed E-state index contributed by atoms with van der Waals surface area (Å²) in [7, 11) is 1.82. The van der Waals surface area contributed by atoms with E-state index in [1.54, 1.807) is 16.7 Å². The molecule has 25 heavy (non-hydrogen) atoms. The molecule has 3 aromatic rings. The van der Waals surface area contributed by atoms with Crippen molar-refractivity contribution >= 4 is 33.6 Å². The van der Waals surface area contributed by atoms with Crippen molar-refractivity contribution in [1.29, 1.82) is 0 Å². The Morgan fingerprint density at radius 3 is 2.44 bits per heavy atom. The van der Waals surface area contributed by atoms with Gasteiger partial charge in [0.25, 0.3) is 5.91 Å². The first-order valence-corrected chi connectivity index (χ1v) is 9.47. The second-order valence-electron chi connectivity index (χ2n) is 5.56. The van der Waals surface area contributed by atoms with Gasteiger partial charge < -0.3 is 4.90 Å². The van der Waals surface area contributed by atoms with E-state index in [2.05, 4.69) is 31.1 Å². The first-order chi connectivity index (χ1) is 12.1. The second kappa shape index (κ2) is 8.31. The lowest BCUT2D eigenvalue weighted by molar-refractivity contribution is 0.0785. The van der Waals surface area contributed by atoms with Gasteiger partial charge in [-0.25, -0.2) is 4.98 Å². The van der Waals surface area contributed by atoms with E-state index in [-0.39, 0.29) is 5.91 Å². The van der Waals surface area contributed by atoms with E-state index >= 15 is 0 Å². The maximum absolute atomic E-state index is 12.6. The van der Waals surface area contributed by atoms with Gasteiger partial charge in [0.2, 0.25) is 0 Å². The van der Waals surface area contributed by atoms with Crippen LogP contribution in [-0.4, -0.2) is 33.0 Å². The summed E-state index contributed by atoms with van der Waals surface area (Å²) < 4.78 is 1.03. The van der Waals surface area contributed by atoms with E-state index in [4.69, 9.17) is 0 Å². The normalized spacial score (nSPS) is 10.6. The summed E-state index contributed by atoms with van der Waals surface area (Å²) in [6.07, 6.45) is 1.49. The summed E-state index contributed by atoms with van der Waals surface area (Å²) in [6.45, 7) is 0.579. The topological polar surface area (TPSA) is 61.9 Å². The standard InChI is InChI=1S/C18H17BrN4OS/c1-23(10-13-4-8-16(19)9-5-13)17(24)15-6-2-14(3-7-15)11-25-18-20-12-21-22-18/h2-9,12H,10-11H2,1H3,(H,20,21,22). The molecule has 0 saturated heterocycles. The molecule has 0 bridgehead atoms. The summed E-state index contributed by atoms with van der Waals surface area (Å²) in [6, 6.07) is 15.7. The molecular formula is C18H17BrN4OS. The molecule has 128 valence electrons. The monoisotopic (exact) mass is 416 g/mol. The van der Waals surface area contributed by atoms with Crippen molar-refractivity contribution in [3.63, 3.8) is 0 Å². The number of benzene rings is 2. The predicted octanol–water partition coefficient (Wildman–Crippen LogP) is 4.13. The summed E-state index contributed by atoms with van der Waals surface area (Å²) in [5.74, 6) is 0.788. The Bertz CT molecular complexity index is 819. The summed E-state index contributed by atoms with van der Waals surface area (Å²) in [5.41, 5.74) is 2.92. The number of hydrogen-bond donors (Lipinski definition) is 1. The Morgan fingerprint density at radius 1 is 1.12 bits per heavy atom. The van der Waals surface area contributed by atoms with Crippen LogP contribution in [0.25, 0.3) is 0 Å². The smallest absolute Gasteiger partial charge is 0.253 e. The number of nitrogens with zero attached hydrogens (tertiary/aromatic N) is 3. The molecule has 1 amide bonds. The van der Waals surface area contributed by atoms with E-state index in [0.717, 1.165) is 26.5 Å². The first-order valence-electron chi connectivity index (χ1n) is 7.69. The predicted molar refractivity (Wildman–Crippen MR) is 102 cm³/mol. The van der Waals surface area contributed by atoms with Gasteiger partial charge >= 0.3 is 0 Å². The molecule has 0 saturated carbocycles. The highest BCUT2D eigenvalue weighted by Crippen LogP contribution is 2.19. The average molecular weight is 417 g/mol. The second-order valence-corrected chi connectivity index (χ2v) is 7.44. The third-order valence-corrected chi connectivity index (χ3v) is 5.13. The molecule has 1 N–H and O–H groups in total. The third kappa shape index (κ3) is 4.93. The molecule has 0 spiro atoms. The first kappa shape index (κ1) is 17.7. The molecule has 0 unspecified atom stereocenters. The molecule has 1 aromatic heterocycles. The van der Waals surface area contributed by atoms with Crippen LogP contribution in [0.3, 0.4) is 0 Å². The van der Waals surface area contributed by atoms with Crippen molar-refractivity contribution in [2.45, 2.75) is 17.5 Å². The molecule has 1 heterocycles. The van der Waals surface area contributed by atoms with Crippen LogP contribution in [0.15, 0.2) is 64.5 Å². The quantitative estimate of drug-likeness (QED) is 0.613. The number of amides is 1. The van der Waals surface area contributed by atoms with Gasteiger partial charge in [0.15, 0.2) is 5.16 Å². The largest absolute Gasteiger partial charge is 0.337 e. The highest BCUT2D eigenvalue weighted by molar-refractivity contribution is 9.10. The van der Waals surface area contributed by atoms with Crippen molar-refractivity contribution in [2.75, 3.05) is 7.05 Å². The Morgan fingerprint density at radius 2 is 1.80 bits per heavy atom. The lowest BCUT2D eigenvalue weighted by Gasteiger charge is -2.17. The Hall–Kier alpha value is -2.12. The fraction of sp³-hybridized carbons (Fsp3) is 0.167. The molecule has 0 fully saturated rings. The van der Waals surface area contributed by atoms with E-state index in [0.29, 0.717) is 12.1 Å². The maximum atomic E-state index is 12.6. The van der Waals surface area contributed by atoms with E-state index in [1.807, 2.05) is 55.6 Å². The zero-order chi connectivity index (χ0) is 17.6. The zero-order valence-electron chi connectivity index (χ0n) is 13.6. The van der Waals surface area contributed by atoms with Crippen LogP contribution in [0.4, 0.5) is 0 Å². The van der Waals surface area contributed by atoms with Crippen molar-refractivity contribution in [3.8, 4) is 0 Å². The molecule has 0 aliphatic rings. The Balaban J connectivity index is 1.58. The number of hydrogen-bond acceptors (Lipinski definition) is 4. The summed E-state index contributed by atoms with van der Waals surface area (Å²) in [4.78, 5) is 18.4. The van der Waals surface area contributed by atoms with Crippen molar-refractivity contribution in [3.05, 3.63) is 76.0 Å². The van der Waals surface area contributed by atoms with Crippen LogP contribution in [0.2, 0.25) is 0 Å². The van der Waals surface area contributed by atoms with Crippen LogP contribution in [0.5, 0.6) is 0 Å². The fourth-order valence-corrected chi connectivity index (χ4v) is 3.31. The van der Waals surface area contributed by atoms with Crippen molar-refractivity contribution in [1.82, 2.24) is 20.1 Å². The van der Waals surface area contributed by atoms with Gasteiger partial charge in [-0.1, -0.05) is 52.0 Å². The van der Waals surface area contributed by atoms with E-state index in [1.165, 1.54) is 6.33 Å². The van der Waals surface area contributed by atoms with Crippen molar-refractivity contribution < 1.29 is 4.79 Å². The lowest BCUT2D eigenvalue weighted by atomic mass is 10.1. The number of aromatic nitrogens is 3. The number of aromatic amines is 1. The molecule has 5 nitrogen and oxygen atoms in total. The zero-order valence-corrected chi connectivity index (χ0v) is 16.0. The van der Waals surface area contributed by atoms with Crippen molar-refractivity contribution in [2.24, 2.45) is 0 Å². The van der Waals surface area contributed by atoms with Crippen LogP contribution in [-0.2, 0) is 12.3 Å². The number of carbonyl (C=O) groups excluding carboxylic acids is 1. The average Bonchev–Trinajstić information content (AvgIpc) is 3.15. The SMILES string of the molecule is CN(Cc1ccc(Br)cc1)C(=O)c1ccc(CSc2ncn[nH]2)cc1. The maximum Gasteiger partial charge on any atom is 0.253 e. The Labute approximate surface area is 159 Å². The number of rotatable bonds is 6. The summed E-state index contributed by atoms with van der Waals surface area (Å²) in [5, 5.41) is 7.42. The highest BCUT2D eigenvalue weighted by atomic mass is 79.9. The van der Waals surface area contributed by atoms with Crippen LogP contribution < -0.4 is 0 Å². The third-order valence-electron chi connectivity index (χ3n) is 3.65.